The Kier molecular flexibility index (Phi) is 4.33. The smallest absolute Gasteiger partial charge is 0.321 e. The molecule has 0 spiro atoms. The highest BCUT2D eigenvalue weighted by atomic mass is 32.2. The molecule has 2 rings (SSSR count). The highest BCUT2D eigenvalue weighted by Crippen LogP contribution is 2.36. The number of aromatic nitrogens is 2. The molecule has 1 unspecified atom stereocenters. The number of thioether (sulfide) groups is 1. The molecule has 1 N–H and O–H groups in total. The highest BCUT2D eigenvalue weighted by molar-refractivity contribution is 8.01. The van der Waals surface area contributed by atoms with Crippen molar-refractivity contribution in [2.45, 2.75) is 22.9 Å². The maximum atomic E-state index is 11.3. The maximum absolute atomic E-state index is 11.3. The van der Waals surface area contributed by atoms with Crippen molar-refractivity contribution >= 4 is 29.3 Å². The molecule has 0 aliphatic carbocycles. The van der Waals surface area contributed by atoms with Gasteiger partial charge in [-0.05, 0) is 17.1 Å². The molecule has 0 radical (unpaired) electrons. The van der Waals surface area contributed by atoms with Crippen LogP contribution >= 0.6 is 23.3 Å². The lowest BCUT2D eigenvalue weighted by molar-refractivity contribution is -0.136. The minimum Gasteiger partial charge on any atom is -0.480 e. The normalized spacial score (nSPS) is 12.3. The standard InChI is InChI=1S/C12H12N2O2S2/c1-2-9-13-12(18-14-9)17-10(11(15)16)8-6-4-3-5-7-8/h3-7,10H,2H2,1H3,(H,15,16). The summed E-state index contributed by atoms with van der Waals surface area (Å²) in [5, 5.41) is 8.65. The molecule has 2 aromatic rings. The molecule has 0 aliphatic rings. The molecular weight excluding hydrogens is 268 g/mol. The minimum absolute atomic E-state index is 0.635. The summed E-state index contributed by atoms with van der Waals surface area (Å²) in [5.74, 6) is -0.0980. The Bertz CT molecular complexity index is 528. The van der Waals surface area contributed by atoms with Crippen LogP contribution in [0.4, 0.5) is 0 Å². The predicted molar refractivity (Wildman–Crippen MR) is 72.0 cm³/mol. The summed E-state index contributed by atoms with van der Waals surface area (Å²) in [6.07, 6.45) is 0.764. The zero-order valence-corrected chi connectivity index (χ0v) is 11.4. The summed E-state index contributed by atoms with van der Waals surface area (Å²) in [6, 6.07) is 9.17. The second kappa shape index (κ2) is 5.97. The van der Waals surface area contributed by atoms with Crippen molar-refractivity contribution in [2.75, 3.05) is 0 Å². The Balaban J connectivity index is 2.19. The van der Waals surface area contributed by atoms with E-state index in [-0.39, 0.29) is 0 Å². The van der Waals surface area contributed by atoms with Crippen molar-refractivity contribution in [3.8, 4) is 0 Å². The van der Waals surface area contributed by atoms with Gasteiger partial charge in [-0.3, -0.25) is 4.79 Å². The molecular formula is C12H12N2O2S2. The van der Waals surface area contributed by atoms with Crippen LogP contribution in [0.3, 0.4) is 0 Å². The molecule has 0 fully saturated rings. The van der Waals surface area contributed by atoms with E-state index in [1.165, 1.54) is 23.3 Å². The molecule has 1 atom stereocenters. The monoisotopic (exact) mass is 280 g/mol. The lowest BCUT2D eigenvalue weighted by Gasteiger charge is -2.09. The van der Waals surface area contributed by atoms with Crippen LogP contribution in [0.5, 0.6) is 0 Å². The van der Waals surface area contributed by atoms with Gasteiger partial charge in [0.05, 0.1) is 0 Å². The first-order valence-corrected chi connectivity index (χ1v) is 7.13. The summed E-state index contributed by atoms with van der Waals surface area (Å²) in [5.41, 5.74) is 0.767. The molecule has 0 amide bonds. The van der Waals surface area contributed by atoms with E-state index < -0.39 is 11.2 Å². The van der Waals surface area contributed by atoms with Gasteiger partial charge in [0, 0.05) is 6.42 Å². The summed E-state index contributed by atoms with van der Waals surface area (Å²) >= 11 is 2.48. The lowest BCUT2D eigenvalue weighted by atomic mass is 10.1. The molecule has 4 nitrogen and oxygen atoms in total. The molecule has 6 heteroatoms. The zero-order chi connectivity index (χ0) is 13.0. The third-order valence-electron chi connectivity index (χ3n) is 2.31. The third-order valence-corrected chi connectivity index (χ3v) is 4.38. The van der Waals surface area contributed by atoms with Gasteiger partial charge in [-0.15, -0.1) is 0 Å². The molecule has 0 saturated carbocycles. The predicted octanol–water partition coefficient (Wildman–Crippen LogP) is 3.02. The van der Waals surface area contributed by atoms with Crippen LogP contribution in [0.25, 0.3) is 0 Å². The number of carbonyl (C=O) groups is 1. The number of rotatable bonds is 5. The molecule has 0 saturated heterocycles. The number of carboxylic acid groups (broad SMARTS) is 1. The molecule has 0 aliphatic heterocycles. The van der Waals surface area contributed by atoms with Gasteiger partial charge in [0.1, 0.15) is 11.1 Å². The van der Waals surface area contributed by atoms with Crippen LogP contribution in [0.15, 0.2) is 34.7 Å². The second-order valence-electron chi connectivity index (χ2n) is 3.58. The maximum Gasteiger partial charge on any atom is 0.321 e. The van der Waals surface area contributed by atoms with E-state index in [1.54, 1.807) is 0 Å². The lowest BCUT2D eigenvalue weighted by Crippen LogP contribution is -2.07. The van der Waals surface area contributed by atoms with Gasteiger partial charge in [0.25, 0.3) is 0 Å². The van der Waals surface area contributed by atoms with E-state index in [9.17, 15) is 9.90 Å². The summed E-state index contributed by atoms with van der Waals surface area (Å²) < 4.78 is 4.85. The van der Waals surface area contributed by atoms with Gasteiger partial charge >= 0.3 is 5.97 Å². The minimum atomic E-state index is -0.862. The quantitative estimate of drug-likeness (QED) is 0.853. The van der Waals surface area contributed by atoms with Gasteiger partial charge in [0.2, 0.25) is 0 Å². The van der Waals surface area contributed by atoms with Gasteiger partial charge in [-0.2, -0.15) is 4.37 Å². The van der Waals surface area contributed by atoms with Crippen LogP contribution in [0.2, 0.25) is 0 Å². The van der Waals surface area contributed by atoms with E-state index in [2.05, 4.69) is 9.36 Å². The fraction of sp³-hybridized carbons (Fsp3) is 0.250. The molecule has 18 heavy (non-hydrogen) atoms. The Morgan fingerprint density at radius 1 is 1.44 bits per heavy atom. The van der Waals surface area contributed by atoms with E-state index >= 15 is 0 Å². The second-order valence-corrected chi connectivity index (χ2v) is 5.68. The first kappa shape index (κ1) is 13.0. The van der Waals surface area contributed by atoms with Gasteiger partial charge < -0.3 is 5.11 Å². The van der Waals surface area contributed by atoms with Crippen LogP contribution in [-0.4, -0.2) is 20.4 Å². The van der Waals surface area contributed by atoms with Crippen molar-refractivity contribution in [1.82, 2.24) is 9.36 Å². The molecule has 1 heterocycles. The largest absolute Gasteiger partial charge is 0.480 e. The number of hydrogen-bond acceptors (Lipinski definition) is 5. The van der Waals surface area contributed by atoms with Gasteiger partial charge in [-0.1, -0.05) is 49.0 Å². The molecule has 1 aromatic carbocycles. The average molecular weight is 280 g/mol. The summed E-state index contributed by atoms with van der Waals surface area (Å²) in [7, 11) is 0. The van der Waals surface area contributed by atoms with E-state index in [0.717, 1.165) is 17.8 Å². The van der Waals surface area contributed by atoms with Crippen molar-refractivity contribution in [2.24, 2.45) is 0 Å². The average Bonchev–Trinajstić information content (AvgIpc) is 2.84. The number of hydrogen-bond donors (Lipinski definition) is 1. The zero-order valence-electron chi connectivity index (χ0n) is 9.74. The van der Waals surface area contributed by atoms with Crippen LogP contribution in [0, 0.1) is 0 Å². The fourth-order valence-corrected chi connectivity index (χ4v) is 3.25. The van der Waals surface area contributed by atoms with Gasteiger partial charge in [-0.25, -0.2) is 4.98 Å². The first-order chi connectivity index (χ1) is 8.70. The number of aryl methyl sites for hydroxylation is 1. The number of benzene rings is 1. The van der Waals surface area contributed by atoms with Crippen molar-refractivity contribution < 1.29 is 9.90 Å². The molecule has 94 valence electrons. The fourth-order valence-electron chi connectivity index (χ4n) is 1.42. The van der Waals surface area contributed by atoms with Crippen LogP contribution in [0.1, 0.15) is 23.6 Å². The summed E-state index contributed by atoms with van der Waals surface area (Å²) in [4.78, 5) is 15.6. The SMILES string of the molecule is CCc1nsc(SC(C(=O)O)c2ccccc2)n1. The van der Waals surface area contributed by atoms with Crippen molar-refractivity contribution in [3.63, 3.8) is 0 Å². The van der Waals surface area contributed by atoms with E-state index in [0.29, 0.717) is 4.34 Å². The Morgan fingerprint density at radius 2 is 2.17 bits per heavy atom. The number of carboxylic acids is 1. The van der Waals surface area contributed by atoms with E-state index in [1.807, 2.05) is 37.3 Å². The number of aliphatic carboxylic acids is 1. The van der Waals surface area contributed by atoms with Gasteiger partial charge in [0.15, 0.2) is 4.34 Å². The Labute approximate surface area is 113 Å². The first-order valence-electron chi connectivity index (χ1n) is 5.47. The Hall–Kier alpha value is -1.40. The third kappa shape index (κ3) is 3.08. The van der Waals surface area contributed by atoms with E-state index in [4.69, 9.17) is 0 Å². The van der Waals surface area contributed by atoms with Crippen LogP contribution in [-0.2, 0) is 11.2 Å². The Morgan fingerprint density at radius 3 is 2.72 bits per heavy atom. The van der Waals surface area contributed by atoms with Crippen molar-refractivity contribution in [1.29, 1.82) is 0 Å². The number of nitrogens with zero attached hydrogens (tertiary/aromatic N) is 2. The van der Waals surface area contributed by atoms with Crippen molar-refractivity contribution in [3.05, 3.63) is 41.7 Å². The molecule has 1 aromatic heterocycles. The highest BCUT2D eigenvalue weighted by Gasteiger charge is 2.22. The topological polar surface area (TPSA) is 63.1 Å². The van der Waals surface area contributed by atoms with Crippen LogP contribution < -0.4 is 0 Å². The molecule has 0 bridgehead atoms. The summed E-state index contributed by atoms with van der Waals surface area (Å²) in [6.45, 7) is 1.97.